The smallest absolute Gasteiger partial charge is 0.334 e. The van der Waals surface area contributed by atoms with Gasteiger partial charge in [0, 0.05) is 38.2 Å². The van der Waals surface area contributed by atoms with Crippen LogP contribution in [0.1, 0.15) is 34.6 Å². The second-order valence-electron chi connectivity index (χ2n) is 8.29. The summed E-state index contributed by atoms with van der Waals surface area (Å²) in [5, 5.41) is 11.7. The molecule has 8 atom stereocenters. The molecule has 0 spiro atoms. The Morgan fingerprint density at radius 1 is 1.07 bits per heavy atom. The van der Waals surface area contributed by atoms with Crippen LogP contribution in [0.3, 0.4) is 0 Å². The molecule has 0 radical (unpaired) electrons. The van der Waals surface area contributed by atoms with Gasteiger partial charge in [0.25, 0.3) is 0 Å². The summed E-state index contributed by atoms with van der Waals surface area (Å²) in [6, 6.07) is 0. The Morgan fingerprint density at radius 3 is 2.17 bits per heavy atom. The van der Waals surface area contributed by atoms with Crippen LogP contribution in [-0.4, -0.2) is 59.0 Å². The van der Waals surface area contributed by atoms with Gasteiger partial charge in [0.15, 0.2) is 12.2 Å². The summed E-state index contributed by atoms with van der Waals surface area (Å²) in [4.78, 5) is 47.9. The fourth-order valence-corrected chi connectivity index (χ4v) is 5.11. The minimum atomic E-state index is -1.80. The molecular formula is C21H26O9. The van der Waals surface area contributed by atoms with E-state index in [2.05, 4.69) is 6.58 Å². The van der Waals surface area contributed by atoms with Crippen LogP contribution in [0.2, 0.25) is 0 Å². The zero-order chi connectivity index (χ0) is 22.5. The van der Waals surface area contributed by atoms with Crippen molar-refractivity contribution in [1.29, 1.82) is 0 Å². The van der Waals surface area contributed by atoms with Gasteiger partial charge in [0.2, 0.25) is 0 Å². The zero-order valence-electron chi connectivity index (χ0n) is 17.5. The first kappa shape index (κ1) is 22.0. The van der Waals surface area contributed by atoms with Crippen molar-refractivity contribution in [2.75, 3.05) is 0 Å². The standard InChI is InChI=1S/C21H26O9/c1-8-7-13(27-10(3)22)16-14(8)17-15(9(2)20(25)30-17)18(28-11(4)23)19(21(16,6)26)29-12(5)24/h7,13-19,26H,2H2,1,3-6H3/t13-,14+,15+,16-,17-,18-,19-,21+/m0/s1. The maximum Gasteiger partial charge on any atom is 0.334 e. The molecule has 1 saturated heterocycles. The van der Waals surface area contributed by atoms with Gasteiger partial charge < -0.3 is 24.1 Å². The monoisotopic (exact) mass is 422 g/mol. The minimum absolute atomic E-state index is 0.0589. The summed E-state index contributed by atoms with van der Waals surface area (Å²) in [7, 11) is 0. The van der Waals surface area contributed by atoms with Crippen LogP contribution in [0.15, 0.2) is 23.8 Å². The van der Waals surface area contributed by atoms with Crippen molar-refractivity contribution in [2.45, 2.75) is 64.6 Å². The van der Waals surface area contributed by atoms with Gasteiger partial charge in [-0.1, -0.05) is 12.2 Å². The molecule has 0 amide bonds. The Kier molecular flexibility index (Phi) is 5.53. The van der Waals surface area contributed by atoms with E-state index in [4.69, 9.17) is 18.9 Å². The molecule has 3 rings (SSSR count). The van der Waals surface area contributed by atoms with Crippen LogP contribution < -0.4 is 0 Å². The molecule has 1 saturated carbocycles. The van der Waals surface area contributed by atoms with E-state index in [0.717, 1.165) is 12.5 Å². The van der Waals surface area contributed by atoms with Crippen LogP contribution in [0.25, 0.3) is 0 Å². The van der Waals surface area contributed by atoms with E-state index in [0.29, 0.717) is 0 Å². The second kappa shape index (κ2) is 7.54. The lowest BCUT2D eigenvalue weighted by Crippen LogP contribution is -2.57. The molecule has 0 aromatic rings. The number of hydrogen-bond acceptors (Lipinski definition) is 9. The Labute approximate surface area is 174 Å². The van der Waals surface area contributed by atoms with Crippen LogP contribution in [0, 0.1) is 17.8 Å². The fourth-order valence-electron chi connectivity index (χ4n) is 5.11. The molecule has 2 fully saturated rings. The Hall–Kier alpha value is -2.68. The third kappa shape index (κ3) is 3.51. The van der Waals surface area contributed by atoms with Crippen LogP contribution in [0.4, 0.5) is 0 Å². The predicted molar refractivity (Wildman–Crippen MR) is 101 cm³/mol. The molecule has 1 heterocycles. The average molecular weight is 422 g/mol. The van der Waals surface area contributed by atoms with Gasteiger partial charge in [-0.25, -0.2) is 4.79 Å². The van der Waals surface area contributed by atoms with Gasteiger partial charge in [-0.3, -0.25) is 14.4 Å². The maximum atomic E-state index is 12.4. The number of carbonyl (C=O) groups excluding carboxylic acids is 4. The van der Waals surface area contributed by atoms with Crippen molar-refractivity contribution >= 4 is 23.9 Å². The zero-order valence-corrected chi connectivity index (χ0v) is 17.5. The summed E-state index contributed by atoms with van der Waals surface area (Å²) in [6.45, 7) is 10.6. The lowest BCUT2D eigenvalue weighted by molar-refractivity contribution is -0.203. The summed E-state index contributed by atoms with van der Waals surface area (Å²) in [6.07, 6.45) is -2.59. The summed E-state index contributed by atoms with van der Waals surface area (Å²) >= 11 is 0. The summed E-state index contributed by atoms with van der Waals surface area (Å²) in [5.41, 5.74) is -1.01. The van der Waals surface area contributed by atoms with Crippen LogP contribution >= 0.6 is 0 Å². The molecule has 30 heavy (non-hydrogen) atoms. The van der Waals surface area contributed by atoms with Gasteiger partial charge in [0.05, 0.1) is 5.92 Å². The Morgan fingerprint density at radius 2 is 1.63 bits per heavy atom. The Balaban J connectivity index is 2.21. The van der Waals surface area contributed by atoms with Gasteiger partial charge in [-0.15, -0.1) is 0 Å². The van der Waals surface area contributed by atoms with E-state index >= 15 is 0 Å². The van der Waals surface area contributed by atoms with Crippen LogP contribution in [0.5, 0.6) is 0 Å². The molecule has 9 heteroatoms. The van der Waals surface area contributed by atoms with Crippen LogP contribution in [-0.2, 0) is 38.1 Å². The summed E-state index contributed by atoms with van der Waals surface area (Å²) < 4.78 is 21.9. The third-order valence-electron chi connectivity index (χ3n) is 6.11. The number of ether oxygens (including phenoxy) is 4. The quantitative estimate of drug-likeness (QED) is 0.305. The van der Waals surface area contributed by atoms with E-state index < -0.39 is 71.6 Å². The van der Waals surface area contributed by atoms with Crippen molar-refractivity contribution in [3.8, 4) is 0 Å². The molecule has 0 bridgehead atoms. The van der Waals surface area contributed by atoms with Crippen molar-refractivity contribution < 1.29 is 43.2 Å². The largest absolute Gasteiger partial charge is 0.458 e. The molecule has 0 unspecified atom stereocenters. The lowest BCUT2D eigenvalue weighted by Gasteiger charge is -2.42. The van der Waals surface area contributed by atoms with E-state index in [1.54, 1.807) is 13.0 Å². The SMILES string of the molecule is C=C1C(=O)O[C@@H]2[C@@H]1[C@H](OC(C)=O)[C@H](OC(C)=O)[C@](C)(O)[C@@H]1[C@H]2C(C)=C[C@@H]1OC(C)=O. The number of aliphatic hydroxyl groups is 1. The highest BCUT2D eigenvalue weighted by atomic mass is 16.6. The first-order chi connectivity index (χ1) is 13.9. The van der Waals surface area contributed by atoms with E-state index in [1.165, 1.54) is 20.8 Å². The highest BCUT2D eigenvalue weighted by molar-refractivity contribution is 5.91. The molecule has 1 aliphatic heterocycles. The first-order valence-corrected chi connectivity index (χ1v) is 9.68. The number of fused-ring (bicyclic) bond motifs is 3. The minimum Gasteiger partial charge on any atom is -0.458 e. The van der Waals surface area contributed by atoms with Crippen molar-refractivity contribution in [3.63, 3.8) is 0 Å². The first-order valence-electron chi connectivity index (χ1n) is 9.68. The van der Waals surface area contributed by atoms with E-state index in [-0.39, 0.29) is 5.57 Å². The molecular weight excluding hydrogens is 396 g/mol. The molecule has 164 valence electrons. The number of carbonyl (C=O) groups is 4. The van der Waals surface area contributed by atoms with Crippen molar-refractivity contribution in [3.05, 3.63) is 23.8 Å². The average Bonchev–Trinajstić information content (AvgIpc) is 3.04. The third-order valence-corrected chi connectivity index (χ3v) is 6.11. The van der Waals surface area contributed by atoms with E-state index in [1.807, 2.05) is 0 Å². The molecule has 3 aliphatic rings. The van der Waals surface area contributed by atoms with Crippen molar-refractivity contribution in [2.24, 2.45) is 17.8 Å². The molecule has 0 aromatic carbocycles. The topological polar surface area (TPSA) is 125 Å². The molecule has 1 N–H and O–H groups in total. The number of hydrogen-bond donors (Lipinski definition) is 1. The predicted octanol–water partition coefficient (Wildman–Crippen LogP) is 0.836. The van der Waals surface area contributed by atoms with Gasteiger partial charge in [-0.2, -0.15) is 0 Å². The van der Waals surface area contributed by atoms with E-state index in [9.17, 15) is 24.3 Å². The maximum absolute atomic E-state index is 12.4. The molecule has 9 nitrogen and oxygen atoms in total. The molecule has 0 aromatic heterocycles. The van der Waals surface area contributed by atoms with Crippen molar-refractivity contribution in [1.82, 2.24) is 0 Å². The number of rotatable bonds is 3. The summed E-state index contributed by atoms with van der Waals surface area (Å²) in [5.74, 6) is -4.87. The lowest BCUT2D eigenvalue weighted by atomic mass is 9.74. The van der Waals surface area contributed by atoms with Gasteiger partial charge in [-0.05, 0) is 19.9 Å². The Bertz CT molecular complexity index is 839. The normalized spacial score (nSPS) is 39.8. The van der Waals surface area contributed by atoms with Gasteiger partial charge in [0.1, 0.15) is 17.8 Å². The molecule has 2 aliphatic carbocycles. The van der Waals surface area contributed by atoms with Gasteiger partial charge >= 0.3 is 23.9 Å². The highest BCUT2D eigenvalue weighted by Crippen LogP contribution is 2.54. The fraction of sp³-hybridized carbons (Fsp3) is 0.619. The highest BCUT2D eigenvalue weighted by Gasteiger charge is 2.66. The number of esters is 4. The second-order valence-corrected chi connectivity index (χ2v) is 8.29.